The Morgan fingerprint density at radius 3 is 2.55 bits per heavy atom. The number of aryl methyl sites for hydroxylation is 1. The van der Waals surface area contributed by atoms with Gasteiger partial charge < -0.3 is 19.5 Å². The number of hydrogen-bond acceptors (Lipinski definition) is 7. The summed E-state index contributed by atoms with van der Waals surface area (Å²) in [5.41, 5.74) is 3.35. The lowest BCUT2D eigenvalue weighted by molar-refractivity contribution is 0.102. The molecule has 3 aromatic carbocycles. The van der Waals surface area contributed by atoms with Crippen LogP contribution in [0, 0.1) is 6.92 Å². The van der Waals surface area contributed by atoms with E-state index in [-0.39, 0.29) is 5.91 Å². The number of ether oxygens (including phenoxy) is 3. The Labute approximate surface area is 196 Å². The molecule has 0 saturated carbocycles. The van der Waals surface area contributed by atoms with Crippen molar-refractivity contribution in [3.8, 4) is 22.4 Å². The van der Waals surface area contributed by atoms with Gasteiger partial charge in [-0.05, 0) is 55.0 Å². The van der Waals surface area contributed by atoms with Crippen molar-refractivity contribution in [3.63, 3.8) is 0 Å². The summed E-state index contributed by atoms with van der Waals surface area (Å²) >= 11 is 1.16. The van der Waals surface area contributed by atoms with E-state index in [1.807, 2.05) is 55.5 Å². The zero-order chi connectivity index (χ0) is 23.2. The van der Waals surface area contributed by atoms with Crippen LogP contribution in [0.3, 0.4) is 0 Å². The van der Waals surface area contributed by atoms with E-state index in [1.54, 1.807) is 25.3 Å². The fourth-order valence-electron chi connectivity index (χ4n) is 3.14. The van der Waals surface area contributed by atoms with Crippen LogP contribution in [0.4, 0.5) is 5.69 Å². The molecule has 0 bridgehead atoms. The number of carbonyl (C=O) groups is 1. The van der Waals surface area contributed by atoms with Gasteiger partial charge in [-0.2, -0.15) is 9.36 Å². The van der Waals surface area contributed by atoms with Gasteiger partial charge in [-0.15, -0.1) is 0 Å². The van der Waals surface area contributed by atoms with Crippen molar-refractivity contribution in [2.45, 2.75) is 13.3 Å². The molecule has 0 radical (unpaired) electrons. The number of methoxy groups -OCH3 is 2. The van der Waals surface area contributed by atoms with E-state index in [9.17, 15) is 4.79 Å². The monoisotopic (exact) mass is 461 g/mol. The summed E-state index contributed by atoms with van der Waals surface area (Å²) in [6.45, 7) is 1.99. The topological polar surface area (TPSA) is 82.6 Å². The lowest BCUT2D eigenvalue weighted by atomic mass is 10.1. The van der Waals surface area contributed by atoms with E-state index in [1.165, 1.54) is 7.11 Å². The number of aromatic nitrogens is 2. The number of amides is 1. The molecule has 1 N–H and O–H groups in total. The highest BCUT2D eigenvalue weighted by molar-refractivity contribution is 7.07. The largest absolute Gasteiger partial charge is 0.497 e. The third-order valence-corrected chi connectivity index (χ3v) is 5.51. The highest BCUT2D eigenvalue weighted by Gasteiger charge is 2.14. The predicted molar refractivity (Wildman–Crippen MR) is 128 cm³/mol. The molecule has 0 aliphatic heterocycles. The van der Waals surface area contributed by atoms with E-state index in [2.05, 4.69) is 14.7 Å². The van der Waals surface area contributed by atoms with Crippen molar-refractivity contribution in [2.75, 3.05) is 19.5 Å². The van der Waals surface area contributed by atoms with Gasteiger partial charge in [0.25, 0.3) is 11.1 Å². The van der Waals surface area contributed by atoms with Crippen molar-refractivity contribution in [3.05, 3.63) is 89.2 Å². The first-order valence-electron chi connectivity index (χ1n) is 10.2. The second-order valence-electron chi connectivity index (χ2n) is 7.29. The molecule has 0 aliphatic rings. The van der Waals surface area contributed by atoms with Gasteiger partial charge >= 0.3 is 0 Å². The standard InChI is InChI=1S/C25H23N3O4S/c1-16-7-10-19(11-8-16)26-24(29)18-9-12-21(22(15-18)31-3)32-25-27-23(28-33-25)14-17-5-4-6-20(13-17)30-2/h4-13,15H,14H2,1-3H3,(H,26,29). The van der Waals surface area contributed by atoms with Crippen LogP contribution in [0.5, 0.6) is 22.4 Å². The van der Waals surface area contributed by atoms with Crippen LogP contribution in [0.25, 0.3) is 0 Å². The minimum absolute atomic E-state index is 0.236. The van der Waals surface area contributed by atoms with E-state index >= 15 is 0 Å². The van der Waals surface area contributed by atoms with Crippen LogP contribution in [0.2, 0.25) is 0 Å². The van der Waals surface area contributed by atoms with Crippen molar-refractivity contribution in [2.24, 2.45) is 0 Å². The number of benzene rings is 3. The first kappa shape index (κ1) is 22.3. The molecule has 1 heterocycles. The molecule has 1 aromatic heterocycles. The number of nitrogens with one attached hydrogen (secondary N) is 1. The molecule has 0 atom stereocenters. The van der Waals surface area contributed by atoms with Gasteiger partial charge in [0, 0.05) is 29.2 Å². The summed E-state index contributed by atoms with van der Waals surface area (Å²) < 4.78 is 21.0. The molecular weight excluding hydrogens is 438 g/mol. The summed E-state index contributed by atoms with van der Waals surface area (Å²) in [6, 6.07) is 20.4. The van der Waals surface area contributed by atoms with Crippen LogP contribution in [0.15, 0.2) is 66.7 Å². The van der Waals surface area contributed by atoms with Gasteiger partial charge in [0.05, 0.1) is 14.2 Å². The molecular formula is C25H23N3O4S. The zero-order valence-electron chi connectivity index (χ0n) is 18.5. The van der Waals surface area contributed by atoms with Gasteiger partial charge in [-0.3, -0.25) is 4.79 Å². The molecule has 0 fully saturated rings. The normalized spacial score (nSPS) is 10.5. The maximum absolute atomic E-state index is 12.6. The van der Waals surface area contributed by atoms with Crippen LogP contribution in [0.1, 0.15) is 27.3 Å². The van der Waals surface area contributed by atoms with Crippen LogP contribution in [-0.2, 0) is 6.42 Å². The second-order valence-corrected chi connectivity index (χ2v) is 8.01. The molecule has 8 heteroatoms. The zero-order valence-corrected chi connectivity index (χ0v) is 19.3. The van der Waals surface area contributed by atoms with Gasteiger partial charge in [-0.1, -0.05) is 29.8 Å². The van der Waals surface area contributed by atoms with Crippen LogP contribution in [-0.4, -0.2) is 29.5 Å². The third kappa shape index (κ3) is 5.67. The van der Waals surface area contributed by atoms with Gasteiger partial charge in [0.15, 0.2) is 17.3 Å². The van der Waals surface area contributed by atoms with E-state index < -0.39 is 0 Å². The fraction of sp³-hybridized carbons (Fsp3) is 0.160. The van der Waals surface area contributed by atoms with Gasteiger partial charge in [-0.25, -0.2) is 0 Å². The fourth-order valence-corrected chi connectivity index (χ4v) is 3.71. The lowest BCUT2D eigenvalue weighted by Gasteiger charge is -2.10. The number of nitrogens with zero attached hydrogens (tertiary/aromatic N) is 2. The van der Waals surface area contributed by atoms with Crippen molar-refractivity contribution < 1.29 is 19.0 Å². The number of carbonyl (C=O) groups excluding carboxylic acids is 1. The molecule has 7 nitrogen and oxygen atoms in total. The summed E-state index contributed by atoms with van der Waals surface area (Å²) in [6.07, 6.45) is 0.562. The van der Waals surface area contributed by atoms with E-state index in [0.717, 1.165) is 34.1 Å². The van der Waals surface area contributed by atoms with Crippen LogP contribution < -0.4 is 19.5 Å². The minimum Gasteiger partial charge on any atom is -0.497 e. The first-order chi connectivity index (χ1) is 16.0. The second kappa shape index (κ2) is 10.1. The van der Waals surface area contributed by atoms with Crippen LogP contribution >= 0.6 is 11.5 Å². The molecule has 1 amide bonds. The molecule has 0 saturated heterocycles. The summed E-state index contributed by atoms with van der Waals surface area (Å²) in [7, 11) is 3.16. The lowest BCUT2D eigenvalue weighted by Crippen LogP contribution is -2.12. The molecule has 33 heavy (non-hydrogen) atoms. The number of hydrogen-bond donors (Lipinski definition) is 1. The Kier molecular flexibility index (Phi) is 6.85. The quantitative estimate of drug-likeness (QED) is 0.373. The van der Waals surface area contributed by atoms with Crippen molar-refractivity contribution >= 4 is 23.1 Å². The van der Waals surface area contributed by atoms with Crippen molar-refractivity contribution in [1.29, 1.82) is 0 Å². The Bertz CT molecular complexity index is 1250. The highest BCUT2D eigenvalue weighted by atomic mass is 32.1. The molecule has 168 valence electrons. The van der Waals surface area contributed by atoms with Crippen molar-refractivity contribution in [1.82, 2.24) is 9.36 Å². The SMILES string of the molecule is COc1cccc(Cc2nsc(Oc3ccc(C(=O)Nc4ccc(C)cc4)cc3OC)n2)c1. The number of rotatable bonds is 8. The van der Waals surface area contributed by atoms with E-state index in [4.69, 9.17) is 14.2 Å². The average molecular weight is 462 g/mol. The predicted octanol–water partition coefficient (Wildman–Crippen LogP) is 5.50. The Morgan fingerprint density at radius 1 is 0.970 bits per heavy atom. The maximum atomic E-state index is 12.6. The number of anilines is 1. The molecule has 0 unspecified atom stereocenters. The molecule has 4 aromatic rings. The summed E-state index contributed by atoms with van der Waals surface area (Å²) in [5.74, 6) is 2.08. The van der Waals surface area contributed by atoms with Gasteiger partial charge in [0.2, 0.25) is 0 Å². The minimum atomic E-state index is -0.236. The summed E-state index contributed by atoms with van der Waals surface area (Å²) in [5, 5.41) is 3.27. The highest BCUT2D eigenvalue weighted by Crippen LogP contribution is 2.33. The molecule has 0 spiro atoms. The first-order valence-corrected chi connectivity index (χ1v) is 11.0. The summed E-state index contributed by atoms with van der Waals surface area (Å²) in [4.78, 5) is 17.1. The Hall–Kier alpha value is -3.91. The molecule has 0 aliphatic carbocycles. The Balaban J connectivity index is 1.45. The third-order valence-electron chi connectivity index (χ3n) is 4.88. The smallest absolute Gasteiger partial charge is 0.298 e. The van der Waals surface area contributed by atoms with E-state index in [0.29, 0.717) is 34.5 Å². The maximum Gasteiger partial charge on any atom is 0.298 e. The Morgan fingerprint density at radius 2 is 1.79 bits per heavy atom. The molecule has 4 rings (SSSR count). The average Bonchev–Trinajstić information content (AvgIpc) is 3.27. The van der Waals surface area contributed by atoms with Gasteiger partial charge in [0.1, 0.15) is 5.75 Å².